The molecule has 0 spiro atoms. The first-order chi connectivity index (χ1) is 5.13. The molecular weight excluding hydrogens is 170 g/mol. The standard InChI is InChI=1S/C5H9NO4S/c7-3-1-11-2-4(8)5(3)6(9)10/h3-5,7-8H,1-2H2/t3-,4-/m0/s1. The monoisotopic (exact) mass is 179 g/mol. The smallest absolute Gasteiger partial charge is 0.265 e. The van der Waals surface area contributed by atoms with Crippen LogP contribution >= 0.6 is 11.8 Å². The molecule has 1 aliphatic heterocycles. The van der Waals surface area contributed by atoms with Crippen molar-refractivity contribution in [2.75, 3.05) is 11.5 Å². The van der Waals surface area contributed by atoms with E-state index in [9.17, 15) is 10.1 Å². The van der Waals surface area contributed by atoms with Gasteiger partial charge in [-0.25, -0.2) is 0 Å². The third-order valence-electron chi connectivity index (χ3n) is 1.61. The molecule has 1 aliphatic rings. The fraction of sp³-hybridized carbons (Fsp3) is 1.00. The Morgan fingerprint density at radius 2 is 1.82 bits per heavy atom. The van der Waals surface area contributed by atoms with Crippen molar-refractivity contribution in [3.8, 4) is 0 Å². The number of nitro groups is 1. The SMILES string of the molecule is O=[N+]([O-])C1[C@@H](O)CSC[C@@H]1O. The Hall–Kier alpha value is -0.330. The first-order valence-corrected chi connectivity index (χ1v) is 4.35. The Balaban J connectivity index is 2.62. The molecule has 0 aliphatic carbocycles. The highest BCUT2D eigenvalue weighted by atomic mass is 32.2. The van der Waals surface area contributed by atoms with Crippen LogP contribution in [0.1, 0.15) is 0 Å². The number of aliphatic hydroxyl groups is 2. The van der Waals surface area contributed by atoms with E-state index in [1.165, 1.54) is 11.8 Å². The van der Waals surface area contributed by atoms with E-state index >= 15 is 0 Å². The van der Waals surface area contributed by atoms with Crippen LogP contribution in [0.4, 0.5) is 0 Å². The molecular formula is C5H9NO4S. The molecule has 11 heavy (non-hydrogen) atoms. The average Bonchev–Trinajstić information content (AvgIpc) is 1.85. The summed E-state index contributed by atoms with van der Waals surface area (Å²) in [4.78, 5) is 9.64. The Labute approximate surface area is 67.6 Å². The molecule has 0 aromatic heterocycles. The Morgan fingerprint density at radius 1 is 1.36 bits per heavy atom. The predicted octanol–water partition coefficient (Wildman–Crippen LogP) is -0.900. The van der Waals surface area contributed by atoms with Gasteiger partial charge in [0.2, 0.25) is 0 Å². The van der Waals surface area contributed by atoms with Crippen LogP contribution < -0.4 is 0 Å². The minimum atomic E-state index is -1.20. The summed E-state index contributed by atoms with van der Waals surface area (Å²) in [7, 11) is 0. The topological polar surface area (TPSA) is 83.6 Å². The van der Waals surface area contributed by atoms with Gasteiger partial charge in [0, 0.05) is 16.4 Å². The molecule has 64 valence electrons. The van der Waals surface area contributed by atoms with Gasteiger partial charge in [-0.15, -0.1) is 0 Å². The van der Waals surface area contributed by atoms with E-state index in [-0.39, 0.29) is 0 Å². The second-order valence-electron chi connectivity index (χ2n) is 2.45. The lowest BCUT2D eigenvalue weighted by atomic mass is 10.1. The molecule has 6 heteroatoms. The zero-order valence-electron chi connectivity index (χ0n) is 5.71. The van der Waals surface area contributed by atoms with E-state index < -0.39 is 23.2 Å². The van der Waals surface area contributed by atoms with Gasteiger partial charge < -0.3 is 10.2 Å². The molecule has 1 heterocycles. The molecule has 1 rings (SSSR count). The van der Waals surface area contributed by atoms with E-state index in [0.717, 1.165) is 0 Å². The van der Waals surface area contributed by atoms with Crippen LogP contribution in [-0.2, 0) is 0 Å². The van der Waals surface area contributed by atoms with Crippen molar-refractivity contribution in [2.24, 2.45) is 0 Å². The summed E-state index contributed by atoms with van der Waals surface area (Å²) >= 11 is 1.33. The van der Waals surface area contributed by atoms with Crippen molar-refractivity contribution in [1.29, 1.82) is 0 Å². The van der Waals surface area contributed by atoms with Gasteiger partial charge in [-0.1, -0.05) is 0 Å². The van der Waals surface area contributed by atoms with Gasteiger partial charge in [-0.3, -0.25) is 10.1 Å². The summed E-state index contributed by atoms with van der Waals surface area (Å²) in [6.07, 6.45) is -2.03. The Bertz CT molecular complexity index is 155. The van der Waals surface area contributed by atoms with Crippen LogP contribution in [0.5, 0.6) is 0 Å². The van der Waals surface area contributed by atoms with E-state index in [2.05, 4.69) is 0 Å². The third kappa shape index (κ3) is 1.82. The maximum Gasteiger partial charge on any atom is 0.265 e. The largest absolute Gasteiger partial charge is 0.385 e. The normalized spacial score (nSPS) is 33.6. The van der Waals surface area contributed by atoms with Gasteiger partial charge in [-0.2, -0.15) is 11.8 Å². The van der Waals surface area contributed by atoms with Crippen LogP contribution in [0, 0.1) is 10.1 Å². The lowest BCUT2D eigenvalue weighted by molar-refractivity contribution is -0.544. The molecule has 1 saturated heterocycles. The molecule has 0 saturated carbocycles. The summed E-state index contributed by atoms with van der Waals surface area (Å²) in [5.41, 5.74) is 0. The zero-order valence-corrected chi connectivity index (χ0v) is 6.53. The molecule has 0 bridgehead atoms. The van der Waals surface area contributed by atoms with Gasteiger partial charge in [0.1, 0.15) is 12.2 Å². The maximum atomic E-state index is 10.3. The van der Waals surface area contributed by atoms with Crippen molar-refractivity contribution < 1.29 is 15.1 Å². The highest BCUT2D eigenvalue weighted by Crippen LogP contribution is 2.20. The minimum absolute atomic E-state index is 0.336. The number of aliphatic hydroxyl groups excluding tert-OH is 2. The minimum Gasteiger partial charge on any atom is -0.385 e. The average molecular weight is 179 g/mol. The van der Waals surface area contributed by atoms with Crippen molar-refractivity contribution in [3.63, 3.8) is 0 Å². The molecule has 2 N–H and O–H groups in total. The van der Waals surface area contributed by atoms with Crippen LogP contribution in [-0.4, -0.2) is 44.9 Å². The van der Waals surface area contributed by atoms with Crippen LogP contribution in [0.15, 0.2) is 0 Å². The molecule has 0 aromatic rings. The Morgan fingerprint density at radius 3 is 2.09 bits per heavy atom. The maximum absolute atomic E-state index is 10.3. The first-order valence-electron chi connectivity index (χ1n) is 3.20. The van der Waals surface area contributed by atoms with Crippen molar-refractivity contribution in [3.05, 3.63) is 10.1 Å². The number of thioether (sulfide) groups is 1. The van der Waals surface area contributed by atoms with E-state index in [0.29, 0.717) is 11.5 Å². The fourth-order valence-electron chi connectivity index (χ4n) is 1.04. The lowest BCUT2D eigenvalue weighted by Gasteiger charge is -2.24. The van der Waals surface area contributed by atoms with E-state index in [1.54, 1.807) is 0 Å². The summed E-state index contributed by atoms with van der Waals surface area (Å²) in [5, 5.41) is 28.4. The summed E-state index contributed by atoms with van der Waals surface area (Å²) in [6, 6.07) is -1.20. The molecule has 0 aromatic carbocycles. The van der Waals surface area contributed by atoms with Gasteiger partial charge in [0.05, 0.1) is 0 Å². The highest BCUT2D eigenvalue weighted by Gasteiger charge is 2.40. The highest BCUT2D eigenvalue weighted by molar-refractivity contribution is 7.99. The van der Waals surface area contributed by atoms with Gasteiger partial charge in [0.15, 0.2) is 0 Å². The second-order valence-corrected chi connectivity index (χ2v) is 3.52. The van der Waals surface area contributed by atoms with Gasteiger partial charge in [-0.05, 0) is 0 Å². The lowest BCUT2D eigenvalue weighted by Crippen LogP contribution is -2.49. The number of rotatable bonds is 1. The van der Waals surface area contributed by atoms with E-state index in [1.807, 2.05) is 0 Å². The van der Waals surface area contributed by atoms with Crippen LogP contribution in [0.2, 0.25) is 0 Å². The summed E-state index contributed by atoms with van der Waals surface area (Å²) in [5.74, 6) is 0.672. The predicted molar refractivity (Wildman–Crippen MR) is 40.1 cm³/mol. The molecule has 5 nitrogen and oxygen atoms in total. The second kappa shape index (κ2) is 3.38. The van der Waals surface area contributed by atoms with Crippen LogP contribution in [0.3, 0.4) is 0 Å². The third-order valence-corrected chi connectivity index (χ3v) is 2.76. The van der Waals surface area contributed by atoms with Gasteiger partial charge in [0.25, 0.3) is 6.04 Å². The molecule has 0 unspecified atom stereocenters. The molecule has 2 atom stereocenters. The number of hydrogen-bond donors (Lipinski definition) is 2. The first kappa shape index (κ1) is 8.76. The summed E-state index contributed by atoms with van der Waals surface area (Å²) < 4.78 is 0. The van der Waals surface area contributed by atoms with Gasteiger partial charge >= 0.3 is 0 Å². The van der Waals surface area contributed by atoms with E-state index in [4.69, 9.17) is 10.2 Å². The summed E-state index contributed by atoms with van der Waals surface area (Å²) in [6.45, 7) is 0. The molecule has 0 radical (unpaired) electrons. The van der Waals surface area contributed by atoms with Crippen molar-refractivity contribution in [2.45, 2.75) is 18.2 Å². The number of hydrogen-bond acceptors (Lipinski definition) is 5. The molecule has 1 fully saturated rings. The van der Waals surface area contributed by atoms with Crippen molar-refractivity contribution >= 4 is 11.8 Å². The Kier molecular flexibility index (Phi) is 2.69. The van der Waals surface area contributed by atoms with Crippen molar-refractivity contribution in [1.82, 2.24) is 0 Å². The number of nitrogens with zero attached hydrogens (tertiary/aromatic N) is 1. The fourth-order valence-corrected chi connectivity index (χ4v) is 2.06. The zero-order chi connectivity index (χ0) is 8.43. The quantitative estimate of drug-likeness (QED) is 0.402. The molecule has 0 amide bonds. The van der Waals surface area contributed by atoms with Crippen LogP contribution in [0.25, 0.3) is 0 Å².